The minimum Gasteiger partial charge on any atom is -0.756 e. The Morgan fingerprint density at radius 3 is 1.29 bits per heavy atom. The fraction of sp³-hybridized carbons (Fsp3) is 0.679. The average molecular weight is 942 g/mol. The minimum atomic E-state index is -4.64. The predicted octanol–water partition coefficient (Wildman–Crippen LogP) is 15.1. The summed E-state index contributed by atoms with van der Waals surface area (Å²) in [7, 11) is 1.14. The summed E-state index contributed by atoms with van der Waals surface area (Å²) in [4.78, 5) is 37.7. The number of nitrogens with zero attached hydrogens (tertiary/aromatic N) is 1. The summed E-state index contributed by atoms with van der Waals surface area (Å²) in [5.41, 5.74) is 0. The summed E-state index contributed by atoms with van der Waals surface area (Å²) >= 11 is 0. The van der Waals surface area contributed by atoms with Crippen LogP contribution in [0.15, 0.2) is 97.2 Å². The third kappa shape index (κ3) is 50.3. The Hall–Kier alpha value is -3.07. The number of rotatable bonds is 46. The maximum absolute atomic E-state index is 12.7. The first kappa shape index (κ1) is 62.9. The van der Waals surface area contributed by atoms with Crippen molar-refractivity contribution in [2.45, 2.75) is 200 Å². The third-order valence-corrected chi connectivity index (χ3v) is 11.6. The van der Waals surface area contributed by atoms with E-state index in [1.165, 1.54) is 64.2 Å². The second-order valence-corrected chi connectivity index (χ2v) is 19.6. The fourth-order valence-corrected chi connectivity index (χ4v) is 7.34. The molecule has 66 heavy (non-hydrogen) atoms. The number of unbranched alkanes of at least 4 members (excludes halogenated alkanes) is 16. The zero-order valence-electron chi connectivity index (χ0n) is 42.6. The first-order chi connectivity index (χ1) is 32.0. The summed E-state index contributed by atoms with van der Waals surface area (Å²) in [5, 5.41) is 0. The Morgan fingerprint density at radius 2 is 0.864 bits per heavy atom. The van der Waals surface area contributed by atoms with Gasteiger partial charge in [0.05, 0.1) is 27.7 Å². The number of ether oxygens (including phenoxy) is 2. The number of likely N-dealkylation sites (N-methyl/N-ethyl adjacent to an activating group) is 1. The number of hydrogen-bond acceptors (Lipinski definition) is 8. The van der Waals surface area contributed by atoms with Crippen LogP contribution in [0.3, 0.4) is 0 Å². The quantitative estimate of drug-likeness (QED) is 0.0195. The van der Waals surface area contributed by atoms with Gasteiger partial charge < -0.3 is 27.9 Å². The third-order valence-electron chi connectivity index (χ3n) is 10.6. The molecule has 2 unspecified atom stereocenters. The molecule has 0 aliphatic carbocycles. The van der Waals surface area contributed by atoms with Crippen molar-refractivity contribution in [3.05, 3.63) is 97.2 Å². The maximum atomic E-state index is 12.7. The standard InChI is InChI=1S/C56H96NO8P/c1-6-8-10-12-14-16-18-20-21-22-23-24-25-26-27-28-29-30-31-32-33-34-35-37-39-41-43-45-47-49-56(59)65-54(53-64-66(60,61)63-51-50-57(3,4)5)52-62-55(58)48-46-44-42-40-38-36-19-17-15-13-11-9-7-2/h8,10,14,16,20-21,23-24,26-27,29-30,32-33,35,37,54H,6-7,9,11-13,15,17-19,22,25,28,31,34,36,38-53H2,1-5H3/b10-8-,16-14-,21-20-,24-23-,27-26-,30-29-,33-32-,37-35-. The number of carbonyl (C=O) groups is 2. The molecule has 2 atom stereocenters. The highest BCUT2D eigenvalue weighted by Crippen LogP contribution is 2.38. The zero-order chi connectivity index (χ0) is 48.5. The molecule has 0 aromatic rings. The van der Waals surface area contributed by atoms with Crippen LogP contribution in [-0.2, 0) is 32.7 Å². The molecule has 0 radical (unpaired) electrons. The Kier molecular flexibility index (Phi) is 44.8. The number of esters is 2. The number of phosphoric acid groups is 1. The molecule has 9 nitrogen and oxygen atoms in total. The molecule has 378 valence electrons. The summed E-state index contributed by atoms with van der Waals surface area (Å²) < 4.78 is 34.0. The van der Waals surface area contributed by atoms with Gasteiger partial charge in [-0.05, 0) is 77.0 Å². The van der Waals surface area contributed by atoms with Gasteiger partial charge in [-0.15, -0.1) is 0 Å². The highest BCUT2D eigenvalue weighted by Gasteiger charge is 2.21. The lowest BCUT2D eigenvalue weighted by atomic mass is 10.0. The van der Waals surface area contributed by atoms with Crippen molar-refractivity contribution in [3.8, 4) is 0 Å². The maximum Gasteiger partial charge on any atom is 0.306 e. The largest absolute Gasteiger partial charge is 0.756 e. The Balaban J connectivity index is 4.30. The van der Waals surface area contributed by atoms with E-state index >= 15 is 0 Å². The molecule has 0 aliphatic heterocycles. The monoisotopic (exact) mass is 942 g/mol. The molecule has 0 aromatic heterocycles. The Morgan fingerprint density at radius 1 is 0.485 bits per heavy atom. The lowest BCUT2D eigenvalue weighted by Crippen LogP contribution is -2.37. The van der Waals surface area contributed by atoms with Gasteiger partial charge in [0.25, 0.3) is 7.82 Å². The van der Waals surface area contributed by atoms with Crippen LogP contribution in [0.1, 0.15) is 194 Å². The molecule has 0 spiro atoms. The average Bonchev–Trinajstić information content (AvgIpc) is 3.27. The summed E-state index contributed by atoms with van der Waals surface area (Å²) in [6, 6.07) is 0. The van der Waals surface area contributed by atoms with Crippen molar-refractivity contribution in [1.29, 1.82) is 0 Å². The summed E-state index contributed by atoms with van der Waals surface area (Å²) in [6.07, 6.45) is 63.0. The van der Waals surface area contributed by atoms with Gasteiger partial charge in [0.1, 0.15) is 19.8 Å². The molecule has 0 amide bonds. The zero-order valence-corrected chi connectivity index (χ0v) is 43.5. The fourth-order valence-electron chi connectivity index (χ4n) is 6.61. The van der Waals surface area contributed by atoms with E-state index in [-0.39, 0.29) is 26.1 Å². The molecular weight excluding hydrogens is 846 g/mol. The summed E-state index contributed by atoms with van der Waals surface area (Å²) in [6.45, 7) is 4.07. The summed E-state index contributed by atoms with van der Waals surface area (Å²) in [5.74, 6) is -0.867. The van der Waals surface area contributed by atoms with E-state index in [0.717, 1.165) is 96.3 Å². The second-order valence-electron chi connectivity index (χ2n) is 18.2. The SMILES string of the molecule is CC/C=C\C/C=C\C/C=C\C/C=C\C/C=C\C/C=C\C/C=C\C/C=C\CCCCCCC(=O)OC(COC(=O)CCCCCCCCCCCCCCC)COP(=O)([O-])OCC[N+](C)(C)C. The number of allylic oxidation sites excluding steroid dienone is 16. The molecule has 0 saturated carbocycles. The van der Waals surface area contributed by atoms with Gasteiger partial charge in [0.15, 0.2) is 6.10 Å². The molecule has 10 heteroatoms. The smallest absolute Gasteiger partial charge is 0.306 e. The van der Waals surface area contributed by atoms with E-state index in [9.17, 15) is 19.0 Å². The molecule has 0 aromatic carbocycles. The van der Waals surface area contributed by atoms with Crippen molar-refractivity contribution < 1.29 is 42.1 Å². The van der Waals surface area contributed by atoms with Gasteiger partial charge in [-0.25, -0.2) is 0 Å². The minimum absolute atomic E-state index is 0.0403. The van der Waals surface area contributed by atoms with E-state index in [2.05, 4.69) is 111 Å². The van der Waals surface area contributed by atoms with Crippen molar-refractivity contribution in [3.63, 3.8) is 0 Å². The predicted molar refractivity (Wildman–Crippen MR) is 277 cm³/mol. The van der Waals surface area contributed by atoms with E-state index in [0.29, 0.717) is 17.4 Å². The van der Waals surface area contributed by atoms with Crippen LogP contribution in [0.2, 0.25) is 0 Å². The van der Waals surface area contributed by atoms with Crippen LogP contribution < -0.4 is 4.89 Å². The van der Waals surface area contributed by atoms with Crippen LogP contribution in [0.25, 0.3) is 0 Å². The van der Waals surface area contributed by atoms with Crippen LogP contribution in [-0.4, -0.2) is 70.0 Å². The van der Waals surface area contributed by atoms with Gasteiger partial charge in [-0.2, -0.15) is 0 Å². The van der Waals surface area contributed by atoms with Crippen LogP contribution in [0.4, 0.5) is 0 Å². The van der Waals surface area contributed by atoms with Gasteiger partial charge in [0.2, 0.25) is 0 Å². The molecule has 0 N–H and O–H groups in total. The van der Waals surface area contributed by atoms with E-state index < -0.39 is 32.5 Å². The highest BCUT2D eigenvalue weighted by atomic mass is 31.2. The first-order valence-corrected chi connectivity index (χ1v) is 27.4. The van der Waals surface area contributed by atoms with Crippen molar-refractivity contribution in [2.75, 3.05) is 47.5 Å². The lowest BCUT2D eigenvalue weighted by molar-refractivity contribution is -0.870. The van der Waals surface area contributed by atoms with E-state index in [1.807, 2.05) is 21.1 Å². The van der Waals surface area contributed by atoms with Crippen molar-refractivity contribution in [1.82, 2.24) is 0 Å². The number of carbonyl (C=O) groups excluding carboxylic acids is 2. The van der Waals surface area contributed by atoms with Gasteiger partial charge in [-0.1, -0.05) is 201 Å². The number of quaternary nitrogens is 1. The van der Waals surface area contributed by atoms with E-state index in [1.54, 1.807) is 0 Å². The number of phosphoric ester groups is 1. The van der Waals surface area contributed by atoms with E-state index in [4.69, 9.17) is 18.5 Å². The molecular formula is C56H96NO8P. The number of hydrogen-bond donors (Lipinski definition) is 0. The Bertz CT molecular complexity index is 1440. The first-order valence-electron chi connectivity index (χ1n) is 25.9. The van der Waals surface area contributed by atoms with Gasteiger partial charge >= 0.3 is 11.9 Å². The van der Waals surface area contributed by atoms with Crippen molar-refractivity contribution in [2.24, 2.45) is 0 Å². The van der Waals surface area contributed by atoms with Gasteiger partial charge in [0, 0.05) is 12.8 Å². The van der Waals surface area contributed by atoms with Gasteiger partial charge in [-0.3, -0.25) is 14.2 Å². The lowest BCUT2D eigenvalue weighted by Gasteiger charge is -2.28. The van der Waals surface area contributed by atoms with Crippen LogP contribution in [0.5, 0.6) is 0 Å². The molecule has 0 aliphatic rings. The molecule has 0 saturated heterocycles. The second kappa shape index (κ2) is 47.0. The topological polar surface area (TPSA) is 111 Å². The molecule has 0 heterocycles. The molecule has 0 bridgehead atoms. The van der Waals surface area contributed by atoms with Crippen LogP contribution in [0, 0.1) is 0 Å². The Labute approximate surface area is 404 Å². The van der Waals surface area contributed by atoms with Crippen LogP contribution >= 0.6 is 7.82 Å². The molecule has 0 rings (SSSR count). The molecule has 0 fully saturated rings. The highest BCUT2D eigenvalue weighted by molar-refractivity contribution is 7.45. The van der Waals surface area contributed by atoms with Crippen molar-refractivity contribution >= 4 is 19.8 Å². The normalized spacial score (nSPS) is 14.2.